The van der Waals surface area contributed by atoms with Gasteiger partial charge in [-0.25, -0.2) is 14.4 Å². The van der Waals surface area contributed by atoms with Crippen molar-refractivity contribution in [2.45, 2.75) is 129 Å². The minimum atomic E-state index is -1.32. The van der Waals surface area contributed by atoms with Crippen LogP contribution in [0.2, 0.25) is 0 Å². The van der Waals surface area contributed by atoms with E-state index in [2.05, 4.69) is 17.9 Å². The molecule has 14 heteroatoms. The summed E-state index contributed by atoms with van der Waals surface area (Å²) in [5.74, 6) is -6.11. The lowest BCUT2D eigenvalue weighted by atomic mass is 10.0. The van der Waals surface area contributed by atoms with Gasteiger partial charge in [-0.15, -0.1) is 0 Å². The van der Waals surface area contributed by atoms with Crippen LogP contribution in [0.4, 0.5) is 0 Å². The second-order valence-corrected chi connectivity index (χ2v) is 12.0. The van der Waals surface area contributed by atoms with Crippen molar-refractivity contribution in [3.63, 3.8) is 0 Å². The molecule has 0 aromatic rings. The molecule has 0 aromatic carbocycles. The molecule has 0 atom stereocenters. The fraction of sp³-hybridized carbons (Fsp3) is 0.657. The van der Waals surface area contributed by atoms with Crippen molar-refractivity contribution in [3.8, 4) is 0 Å². The fourth-order valence-corrected chi connectivity index (χ4v) is 4.37. The minimum absolute atomic E-state index is 0.186. The molecular weight excluding hydrogens is 660 g/mol. The zero-order chi connectivity index (χ0) is 37.7. The number of hydrogen-bond donors (Lipinski definition) is 4. The Labute approximate surface area is 293 Å². The molecule has 0 heterocycles. The number of carboxylic acid groups (broad SMARTS) is 4. The van der Waals surface area contributed by atoms with Gasteiger partial charge in [-0.3, -0.25) is 24.0 Å². The molecule has 0 saturated carbocycles. The Bertz CT molecular complexity index is 955. The fourth-order valence-electron chi connectivity index (χ4n) is 3.87. The van der Waals surface area contributed by atoms with E-state index < -0.39 is 53.8 Å². The standard InChI is InChI=1S/C17H36S.C9H8O7.C9H12O6/c1-3-4-5-6-7-8-9-10-11-12-13-14-15-16-17-18-2;10-6(1-2-7(11)12)5-16-9(15)4-3-8(13)14;10-6(1-3-8(12)13)5-7(11)2-4-9(14)15/h3-17H2,1-2H3;1-4H,5H2,(H,11,12)(H,13,14);1-5H2,(H,12,13)(H,14,15)/b;2-1-,4-3-;. The van der Waals surface area contributed by atoms with Crippen molar-refractivity contribution in [3.05, 3.63) is 24.3 Å². The lowest BCUT2D eigenvalue weighted by Crippen LogP contribution is -2.11. The topological polar surface area (TPSA) is 227 Å². The average Bonchev–Trinajstić information content (AvgIpc) is 3.04. The summed E-state index contributed by atoms with van der Waals surface area (Å²) in [6.07, 6.45) is 23.9. The highest BCUT2D eigenvalue weighted by atomic mass is 32.2. The predicted octanol–water partition coefficient (Wildman–Crippen LogP) is 6.46. The number of aliphatic carboxylic acids is 4. The Morgan fingerprint density at radius 1 is 0.531 bits per heavy atom. The summed E-state index contributed by atoms with van der Waals surface area (Å²) >= 11 is 1.99. The molecule has 0 aliphatic heterocycles. The summed E-state index contributed by atoms with van der Waals surface area (Å²) in [4.78, 5) is 83.6. The Kier molecular flexibility index (Phi) is 37.5. The molecular formula is C35H56O13S. The van der Waals surface area contributed by atoms with Gasteiger partial charge >= 0.3 is 29.8 Å². The number of thioether (sulfide) groups is 1. The quantitative estimate of drug-likeness (QED) is 0.0282. The number of hydrogen-bond acceptors (Lipinski definition) is 10. The van der Waals surface area contributed by atoms with Gasteiger partial charge in [0.1, 0.15) is 11.6 Å². The number of esters is 1. The summed E-state index contributed by atoms with van der Waals surface area (Å²) < 4.78 is 4.30. The number of rotatable bonds is 29. The Morgan fingerprint density at radius 3 is 1.29 bits per heavy atom. The van der Waals surface area contributed by atoms with Crippen molar-refractivity contribution in [1.82, 2.24) is 0 Å². The number of carboxylic acids is 4. The molecule has 0 rings (SSSR count). The monoisotopic (exact) mass is 716 g/mol. The first kappa shape index (κ1) is 49.6. The van der Waals surface area contributed by atoms with E-state index in [1.54, 1.807) is 0 Å². The van der Waals surface area contributed by atoms with Gasteiger partial charge in [0.05, 0.1) is 19.3 Å². The third-order valence-electron chi connectivity index (χ3n) is 6.46. The molecule has 0 aromatic heterocycles. The van der Waals surface area contributed by atoms with Crippen LogP contribution >= 0.6 is 11.8 Å². The van der Waals surface area contributed by atoms with Crippen molar-refractivity contribution in [1.29, 1.82) is 0 Å². The molecule has 280 valence electrons. The van der Waals surface area contributed by atoms with Crippen LogP contribution in [0.1, 0.15) is 129 Å². The van der Waals surface area contributed by atoms with Crippen LogP contribution in [0.5, 0.6) is 0 Å². The molecule has 0 fully saturated rings. The molecule has 0 aliphatic carbocycles. The van der Waals surface area contributed by atoms with E-state index in [1.165, 1.54) is 95.6 Å². The molecule has 13 nitrogen and oxygen atoms in total. The van der Waals surface area contributed by atoms with Gasteiger partial charge in [0, 0.05) is 31.1 Å². The third-order valence-corrected chi connectivity index (χ3v) is 7.16. The summed E-state index contributed by atoms with van der Waals surface area (Å²) in [6, 6.07) is 0. The molecule has 0 amide bonds. The van der Waals surface area contributed by atoms with Crippen molar-refractivity contribution < 1.29 is 63.5 Å². The number of carbonyl (C=O) groups excluding carboxylic acids is 4. The third kappa shape index (κ3) is 48.7. The van der Waals surface area contributed by atoms with E-state index in [1.807, 2.05) is 11.8 Å². The molecule has 4 N–H and O–H groups in total. The summed E-state index contributed by atoms with van der Waals surface area (Å²) in [6.45, 7) is 1.65. The van der Waals surface area contributed by atoms with Crippen LogP contribution in [0, 0.1) is 0 Å². The normalized spacial score (nSPS) is 10.4. The van der Waals surface area contributed by atoms with E-state index in [9.17, 15) is 38.4 Å². The average molecular weight is 717 g/mol. The van der Waals surface area contributed by atoms with Gasteiger partial charge < -0.3 is 25.2 Å². The first-order valence-electron chi connectivity index (χ1n) is 16.7. The number of ketones is 3. The minimum Gasteiger partial charge on any atom is -0.481 e. The molecule has 0 bridgehead atoms. The van der Waals surface area contributed by atoms with Crippen LogP contribution in [0.3, 0.4) is 0 Å². The summed E-state index contributed by atoms with van der Waals surface area (Å²) in [5.41, 5.74) is 0. The van der Waals surface area contributed by atoms with E-state index in [4.69, 9.17) is 20.4 Å². The maximum absolute atomic E-state index is 11.0. The number of unbranched alkanes of at least 4 members (excludes halogenated alkanes) is 13. The molecule has 49 heavy (non-hydrogen) atoms. The Morgan fingerprint density at radius 2 is 0.918 bits per heavy atom. The number of Topliss-reactive ketones (excluding diaryl/α,β-unsaturated/α-hetero) is 2. The maximum Gasteiger partial charge on any atom is 0.331 e. The van der Waals surface area contributed by atoms with E-state index in [0.717, 1.165) is 6.08 Å². The van der Waals surface area contributed by atoms with E-state index in [-0.39, 0.29) is 32.1 Å². The lowest BCUT2D eigenvalue weighted by molar-refractivity contribution is -0.142. The molecule has 0 radical (unpaired) electrons. The number of ether oxygens (including phenoxy) is 1. The molecule has 0 unspecified atom stereocenters. The maximum atomic E-state index is 11.0. The largest absolute Gasteiger partial charge is 0.481 e. The molecule has 0 spiro atoms. The molecule has 0 saturated heterocycles. The Hall–Kier alpha value is -3.81. The predicted molar refractivity (Wildman–Crippen MR) is 187 cm³/mol. The molecule has 0 aliphatic rings. The second-order valence-electron chi connectivity index (χ2n) is 11.0. The van der Waals surface area contributed by atoms with Gasteiger partial charge in [0.25, 0.3) is 0 Å². The highest BCUT2D eigenvalue weighted by Crippen LogP contribution is 2.13. The summed E-state index contributed by atoms with van der Waals surface area (Å²) in [5, 5.41) is 32.8. The lowest BCUT2D eigenvalue weighted by Gasteiger charge is -2.02. The second kappa shape index (κ2) is 37.0. The van der Waals surface area contributed by atoms with E-state index >= 15 is 0 Å². The van der Waals surface area contributed by atoms with Gasteiger partial charge in [0.2, 0.25) is 0 Å². The van der Waals surface area contributed by atoms with Crippen molar-refractivity contribution >= 4 is 59.0 Å². The van der Waals surface area contributed by atoms with Crippen LogP contribution in [-0.4, -0.2) is 86.2 Å². The highest BCUT2D eigenvalue weighted by Gasteiger charge is 2.12. The number of carbonyl (C=O) groups is 8. The Balaban J connectivity index is -0.000000651. The SMILES string of the molecule is CCCCCCCCCCCCCCCCSC.O=C(O)/C=C\C(=O)COC(=O)/C=C\C(=O)O.O=C(O)CCC(=O)CC(=O)CCC(=O)O. The van der Waals surface area contributed by atoms with Crippen LogP contribution in [-0.2, 0) is 43.1 Å². The highest BCUT2D eigenvalue weighted by molar-refractivity contribution is 7.98. The summed E-state index contributed by atoms with van der Waals surface area (Å²) in [7, 11) is 0. The zero-order valence-corrected chi connectivity index (χ0v) is 29.8. The van der Waals surface area contributed by atoms with Gasteiger partial charge in [-0.1, -0.05) is 90.4 Å². The van der Waals surface area contributed by atoms with Crippen molar-refractivity contribution in [2.75, 3.05) is 18.6 Å². The smallest absolute Gasteiger partial charge is 0.331 e. The van der Waals surface area contributed by atoms with Crippen LogP contribution in [0.25, 0.3) is 0 Å². The first-order chi connectivity index (χ1) is 23.2. The van der Waals surface area contributed by atoms with Crippen LogP contribution in [0.15, 0.2) is 24.3 Å². The first-order valence-corrected chi connectivity index (χ1v) is 18.1. The van der Waals surface area contributed by atoms with Crippen LogP contribution < -0.4 is 0 Å². The van der Waals surface area contributed by atoms with Gasteiger partial charge in [-0.2, -0.15) is 11.8 Å². The van der Waals surface area contributed by atoms with Gasteiger partial charge in [0.15, 0.2) is 12.4 Å². The van der Waals surface area contributed by atoms with E-state index in [0.29, 0.717) is 18.2 Å². The zero-order valence-electron chi connectivity index (χ0n) is 29.0. The van der Waals surface area contributed by atoms with Gasteiger partial charge in [-0.05, 0) is 24.5 Å². The van der Waals surface area contributed by atoms with Crippen molar-refractivity contribution in [2.24, 2.45) is 0 Å².